The average Bonchev–Trinajstić information content (AvgIpc) is 3.51. The Balaban J connectivity index is 1.57. The molecule has 3 atom stereocenters. The number of rotatable bonds is 7. The Morgan fingerprint density at radius 3 is 2.68 bits per heavy atom. The largest absolute Gasteiger partial charge is 0.618 e. The van der Waals surface area contributed by atoms with E-state index in [9.17, 15) is 28.0 Å². The molecule has 2 saturated heterocycles. The van der Waals surface area contributed by atoms with Crippen LogP contribution in [0.5, 0.6) is 0 Å². The smallest absolute Gasteiger partial charge is 0.323 e. The van der Waals surface area contributed by atoms with Gasteiger partial charge in [-0.25, -0.2) is 8.42 Å². The number of thiophene rings is 1. The van der Waals surface area contributed by atoms with Crippen molar-refractivity contribution < 1.29 is 27.5 Å². The predicted octanol–water partition coefficient (Wildman–Crippen LogP) is 0.769. The van der Waals surface area contributed by atoms with E-state index in [1.165, 1.54) is 34.4 Å². The van der Waals surface area contributed by atoms with Crippen molar-refractivity contribution in [2.45, 2.75) is 49.8 Å². The summed E-state index contributed by atoms with van der Waals surface area (Å²) in [6, 6.07) is 4.91. The van der Waals surface area contributed by atoms with Gasteiger partial charge in [-0.1, -0.05) is 19.9 Å². The zero-order valence-electron chi connectivity index (χ0n) is 18.8. The van der Waals surface area contributed by atoms with Gasteiger partial charge in [0.1, 0.15) is 12.1 Å². The van der Waals surface area contributed by atoms with E-state index in [-0.39, 0.29) is 29.5 Å². The fourth-order valence-electron chi connectivity index (χ4n) is 4.60. The third-order valence-electron chi connectivity index (χ3n) is 6.08. The number of Topliss-reactive ketones (excluding diaryl/α,β-unsaturated/α-hetero) is 1. The van der Waals surface area contributed by atoms with E-state index in [2.05, 4.69) is 5.32 Å². The number of hydrogen-bond donors (Lipinski definition) is 1. The number of sulfonamides is 1. The second-order valence-corrected chi connectivity index (χ2v) is 11.6. The van der Waals surface area contributed by atoms with Crippen molar-refractivity contribution in [3.05, 3.63) is 52.0 Å². The number of fused-ring (bicyclic) bond motifs is 1. The summed E-state index contributed by atoms with van der Waals surface area (Å²) in [6.45, 7) is 3.63. The number of carbonyl (C=O) groups excluding carboxylic acids is 3. The minimum atomic E-state index is -4.24. The molecule has 0 spiro atoms. The van der Waals surface area contributed by atoms with Crippen LogP contribution in [0.1, 0.15) is 36.4 Å². The predicted molar refractivity (Wildman–Crippen MR) is 123 cm³/mol. The van der Waals surface area contributed by atoms with Crippen molar-refractivity contribution in [3.63, 3.8) is 0 Å². The maximum absolute atomic E-state index is 13.5. The number of amides is 2. The highest BCUT2D eigenvalue weighted by atomic mass is 32.2. The molecule has 2 amide bonds. The van der Waals surface area contributed by atoms with Gasteiger partial charge in [-0.3, -0.25) is 14.4 Å². The molecule has 0 aromatic carbocycles. The lowest BCUT2D eigenvalue weighted by molar-refractivity contribution is -0.646. The van der Waals surface area contributed by atoms with E-state index in [1.807, 2.05) is 13.8 Å². The van der Waals surface area contributed by atoms with Crippen molar-refractivity contribution in [1.82, 2.24) is 14.5 Å². The van der Waals surface area contributed by atoms with E-state index in [1.54, 1.807) is 17.5 Å². The van der Waals surface area contributed by atoms with Crippen molar-refractivity contribution in [1.29, 1.82) is 0 Å². The van der Waals surface area contributed by atoms with E-state index in [0.29, 0.717) is 11.3 Å². The first-order valence-corrected chi connectivity index (χ1v) is 13.3. The summed E-state index contributed by atoms with van der Waals surface area (Å²) in [4.78, 5) is 40.9. The lowest BCUT2D eigenvalue weighted by Crippen LogP contribution is -2.53. The fraction of sp³-hybridized carbons (Fsp3) is 0.455. The van der Waals surface area contributed by atoms with Gasteiger partial charge in [-0.05, 0) is 36.3 Å². The molecular formula is C22H26N4O6S2. The van der Waals surface area contributed by atoms with Crippen LogP contribution in [0, 0.1) is 11.1 Å². The van der Waals surface area contributed by atoms with E-state index >= 15 is 0 Å². The average molecular weight is 507 g/mol. The lowest BCUT2D eigenvalue weighted by atomic mass is 10.0. The Kier molecular flexibility index (Phi) is 6.74. The first-order chi connectivity index (χ1) is 16.1. The number of ketones is 1. The molecule has 2 aromatic heterocycles. The third kappa shape index (κ3) is 4.44. The minimum Gasteiger partial charge on any atom is -0.618 e. The van der Waals surface area contributed by atoms with Gasteiger partial charge in [0.05, 0.1) is 17.5 Å². The lowest BCUT2D eigenvalue weighted by Gasteiger charge is -2.29. The SMILES string of the molecule is CC(C)CC(NC(=O)c1cccs1)C(=O)N1CCC2C1C(=O)CN2S(=O)(=O)c1cccc[n+]1[O-]. The summed E-state index contributed by atoms with van der Waals surface area (Å²) >= 11 is 1.26. The number of nitrogens with zero attached hydrogens (tertiary/aromatic N) is 3. The Hall–Kier alpha value is -2.83. The molecule has 34 heavy (non-hydrogen) atoms. The standard InChI is InChI=1S/C22H26N4O6S2/c1-14(2)12-15(23-21(28)18-6-5-11-33-18)22(29)24-10-8-16-20(24)17(27)13-26(16)34(31,32)19-7-3-4-9-25(19)30/h3-7,9,11,14-16,20H,8,10,12-13H2,1-2H3,(H,23,28). The number of carbonyl (C=O) groups is 3. The van der Waals surface area contributed by atoms with E-state index in [0.717, 1.165) is 10.5 Å². The first-order valence-electron chi connectivity index (χ1n) is 11.0. The Morgan fingerprint density at radius 2 is 2.03 bits per heavy atom. The highest BCUT2D eigenvalue weighted by molar-refractivity contribution is 7.89. The summed E-state index contributed by atoms with van der Waals surface area (Å²) in [6.07, 6.45) is 1.72. The molecule has 1 N–H and O–H groups in total. The molecule has 0 aliphatic carbocycles. The molecule has 2 fully saturated rings. The molecule has 0 radical (unpaired) electrons. The monoisotopic (exact) mass is 506 g/mol. The van der Waals surface area contributed by atoms with E-state index < -0.39 is 51.4 Å². The highest BCUT2D eigenvalue weighted by Crippen LogP contribution is 2.34. The van der Waals surface area contributed by atoms with Gasteiger partial charge >= 0.3 is 15.0 Å². The molecule has 2 aliphatic rings. The van der Waals surface area contributed by atoms with Gasteiger partial charge in [0, 0.05) is 18.7 Å². The summed E-state index contributed by atoms with van der Waals surface area (Å²) in [7, 11) is -4.24. The van der Waals surface area contributed by atoms with Crippen LogP contribution in [0.2, 0.25) is 0 Å². The van der Waals surface area contributed by atoms with Gasteiger partial charge in [-0.2, -0.15) is 9.04 Å². The number of pyridine rings is 1. The van der Waals surface area contributed by atoms with Crippen LogP contribution in [0.15, 0.2) is 46.9 Å². The molecule has 4 heterocycles. The molecular weight excluding hydrogens is 480 g/mol. The molecule has 10 nitrogen and oxygen atoms in total. The molecule has 2 aromatic rings. The summed E-state index contributed by atoms with van der Waals surface area (Å²) in [5.74, 6) is -1.08. The van der Waals surface area contributed by atoms with Crippen molar-refractivity contribution >= 4 is 39.0 Å². The number of likely N-dealkylation sites (tertiary alicyclic amines) is 1. The van der Waals surface area contributed by atoms with Crippen molar-refractivity contribution in [3.8, 4) is 0 Å². The number of hydrogen-bond acceptors (Lipinski definition) is 7. The molecule has 3 unspecified atom stereocenters. The summed E-state index contributed by atoms with van der Waals surface area (Å²) < 4.78 is 27.6. The zero-order valence-corrected chi connectivity index (χ0v) is 20.4. The fourth-order valence-corrected chi connectivity index (χ4v) is 6.88. The van der Waals surface area contributed by atoms with Gasteiger partial charge in [0.25, 0.3) is 5.91 Å². The van der Waals surface area contributed by atoms with Crippen molar-refractivity contribution in [2.24, 2.45) is 5.92 Å². The van der Waals surface area contributed by atoms with Crippen LogP contribution in [0.4, 0.5) is 0 Å². The topological polar surface area (TPSA) is 131 Å². The van der Waals surface area contributed by atoms with Gasteiger partial charge in [0.15, 0.2) is 12.0 Å². The normalized spacial score (nSPS) is 21.6. The Bertz CT molecular complexity index is 1200. The van der Waals surface area contributed by atoms with E-state index in [4.69, 9.17) is 0 Å². The maximum Gasteiger partial charge on any atom is 0.323 e. The molecule has 2 aliphatic heterocycles. The molecule has 0 bridgehead atoms. The second-order valence-electron chi connectivity index (χ2n) is 8.85. The minimum absolute atomic E-state index is 0.0951. The number of aromatic nitrogens is 1. The Morgan fingerprint density at radius 1 is 1.26 bits per heavy atom. The van der Waals surface area contributed by atoms with Crippen LogP contribution >= 0.6 is 11.3 Å². The van der Waals surface area contributed by atoms with Crippen LogP contribution in [-0.4, -0.2) is 66.4 Å². The van der Waals surface area contributed by atoms with Gasteiger partial charge in [0.2, 0.25) is 5.91 Å². The van der Waals surface area contributed by atoms with Crippen LogP contribution in [0.25, 0.3) is 0 Å². The quantitative estimate of drug-likeness (QED) is 0.436. The third-order valence-corrected chi connectivity index (χ3v) is 8.81. The molecule has 4 rings (SSSR count). The molecule has 0 saturated carbocycles. The zero-order chi connectivity index (χ0) is 24.6. The molecule has 182 valence electrons. The molecule has 12 heteroatoms. The van der Waals surface area contributed by atoms with Crippen LogP contribution < -0.4 is 10.0 Å². The number of nitrogens with one attached hydrogen (secondary N) is 1. The first kappa shape index (κ1) is 24.3. The highest BCUT2D eigenvalue weighted by Gasteiger charge is 2.55. The second kappa shape index (κ2) is 9.43. The summed E-state index contributed by atoms with van der Waals surface area (Å²) in [5, 5.41) is 16.2. The van der Waals surface area contributed by atoms with Crippen molar-refractivity contribution in [2.75, 3.05) is 13.1 Å². The van der Waals surface area contributed by atoms with Gasteiger partial charge in [-0.15, -0.1) is 11.3 Å². The summed E-state index contributed by atoms with van der Waals surface area (Å²) in [5.41, 5.74) is 0. The van der Waals surface area contributed by atoms with Gasteiger partial charge < -0.3 is 15.4 Å². The van der Waals surface area contributed by atoms with Crippen LogP contribution in [-0.2, 0) is 19.6 Å². The van der Waals surface area contributed by atoms with Crippen LogP contribution in [0.3, 0.4) is 0 Å². The maximum atomic E-state index is 13.5. The Labute approximate surface area is 201 Å².